The normalized spacial score (nSPS) is 56.4. The molecule has 0 aromatic heterocycles. The Labute approximate surface area is 81.0 Å². The van der Waals surface area contributed by atoms with E-state index in [4.69, 9.17) is 0 Å². The van der Waals surface area contributed by atoms with Crippen LogP contribution in [-0.4, -0.2) is 10.6 Å². The first-order valence-electron chi connectivity index (χ1n) is 4.93. The highest BCUT2D eigenvalue weighted by molar-refractivity contribution is 9.09. The standard InChI is InChI=1S/C10H13BrO/c11-9-6-1-5-2-7(4-6)10(12)8(9)3-5/h5-9H,1-4H2/t5-,6+,7-,8+,9+/m0/s1. The zero-order valence-electron chi connectivity index (χ0n) is 7.00. The lowest BCUT2D eigenvalue weighted by atomic mass is 9.56. The van der Waals surface area contributed by atoms with E-state index in [0.29, 0.717) is 22.4 Å². The van der Waals surface area contributed by atoms with Gasteiger partial charge in [-0.25, -0.2) is 0 Å². The van der Waals surface area contributed by atoms with E-state index in [0.717, 1.165) is 11.8 Å². The topological polar surface area (TPSA) is 17.1 Å². The summed E-state index contributed by atoms with van der Waals surface area (Å²) >= 11 is 3.70. The number of carbonyl (C=O) groups excluding carboxylic acids is 1. The molecule has 5 atom stereocenters. The van der Waals surface area contributed by atoms with E-state index in [9.17, 15) is 4.79 Å². The molecule has 0 N–H and O–H groups in total. The molecule has 4 aliphatic carbocycles. The van der Waals surface area contributed by atoms with Gasteiger partial charge in [0.1, 0.15) is 5.78 Å². The molecule has 4 aliphatic rings. The maximum Gasteiger partial charge on any atom is 0.140 e. The van der Waals surface area contributed by atoms with Crippen molar-refractivity contribution >= 4 is 21.7 Å². The lowest BCUT2D eigenvalue weighted by molar-refractivity contribution is -0.138. The molecule has 0 amide bonds. The zero-order chi connectivity index (χ0) is 8.29. The van der Waals surface area contributed by atoms with E-state index in [1.165, 1.54) is 25.7 Å². The van der Waals surface area contributed by atoms with Crippen molar-refractivity contribution in [2.24, 2.45) is 23.7 Å². The summed E-state index contributed by atoms with van der Waals surface area (Å²) in [5, 5.41) is 0. The van der Waals surface area contributed by atoms with Gasteiger partial charge in [-0.1, -0.05) is 15.9 Å². The second-order valence-corrected chi connectivity index (χ2v) is 5.78. The molecule has 66 valence electrons. The average molecular weight is 229 g/mol. The molecule has 0 aromatic rings. The molecule has 0 saturated heterocycles. The van der Waals surface area contributed by atoms with Crippen molar-refractivity contribution in [1.82, 2.24) is 0 Å². The molecule has 4 rings (SSSR count). The lowest BCUT2D eigenvalue weighted by Gasteiger charge is -2.51. The van der Waals surface area contributed by atoms with Crippen LogP contribution in [-0.2, 0) is 4.79 Å². The van der Waals surface area contributed by atoms with Crippen molar-refractivity contribution < 1.29 is 4.79 Å². The summed E-state index contributed by atoms with van der Waals surface area (Å²) in [6, 6.07) is 0. The predicted octanol–water partition coefficient (Wildman–Crippen LogP) is 2.39. The first-order chi connectivity index (χ1) is 5.75. The van der Waals surface area contributed by atoms with E-state index in [1.54, 1.807) is 0 Å². The van der Waals surface area contributed by atoms with Crippen molar-refractivity contribution in [1.29, 1.82) is 0 Å². The minimum Gasteiger partial charge on any atom is -0.299 e. The van der Waals surface area contributed by atoms with Crippen LogP contribution in [0.2, 0.25) is 0 Å². The summed E-state index contributed by atoms with van der Waals surface area (Å²) in [4.78, 5) is 12.3. The smallest absolute Gasteiger partial charge is 0.140 e. The van der Waals surface area contributed by atoms with Crippen molar-refractivity contribution in [3.05, 3.63) is 0 Å². The number of rotatable bonds is 0. The molecule has 4 saturated carbocycles. The van der Waals surface area contributed by atoms with Gasteiger partial charge in [0, 0.05) is 16.7 Å². The van der Waals surface area contributed by atoms with E-state index in [2.05, 4.69) is 15.9 Å². The van der Waals surface area contributed by atoms with Crippen LogP contribution in [0.4, 0.5) is 0 Å². The summed E-state index contributed by atoms with van der Waals surface area (Å²) in [7, 11) is 0. The van der Waals surface area contributed by atoms with E-state index in [-0.39, 0.29) is 0 Å². The first-order valence-corrected chi connectivity index (χ1v) is 5.85. The molecule has 1 nitrogen and oxygen atoms in total. The molecule has 2 heteroatoms. The van der Waals surface area contributed by atoms with Gasteiger partial charge in [-0.2, -0.15) is 0 Å². The zero-order valence-corrected chi connectivity index (χ0v) is 8.59. The maximum absolute atomic E-state index is 11.8. The minimum atomic E-state index is 0.390. The Bertz CT molecular complexity index is 238. The maximum atomic E-state index is 11.8. The second kappa shape index (κ2) is 2.34. The number of hydrogen-bond donors (Lipinski definition) is 0. The number of halogens is 1. The summed E-state index contributed by atoms with van der Waals surface area (Å²) in [5.41, 5.74) is 0. The molecule has 0 aromatic carbocycles. The van der Waals surface area contributed by atoms with E-state index in [1.807, 2.05) is 0 Å². The Kier molecular flexibility index (Phi) is 1.47. The SMILES string of the molecule is O=C1[C@H]2C[C@@H]3C[C@H](C2)[C@@H](Br)[C@H]1C3. The quantitative estimate of drug-likeness (QED) is 0.583. The average Bonchev–Trinajstić information content (AvgIpc) is 2.07. The molecule has 12 heavy (non-hydrogen) atoms. The van der Waals surface area contributed by atoms with E-state index >= 15 is 0 Å². The van der Waals surface area contributed by atoms with Gasteiger partial charge in [0.2, 0.25) is 0 Å². The van der Waals surface area contributed by atoms with Crippen LogP contribution in [0.1, 0.15) is 25.7 Å². The van der Waals surface area contributed by atoms with Crippen molar-refractivity contribution in [3.8, 4) is 0 Å². The summed E-state index contributed by atoms with van der Waals surface area (Å²) in [5.74, 6) is 3.14. The third-order valence-corrected chi connectivity index (χ3v) is 5.42. The highest BCUT2D eigenvalue weighted by Crippen LogP contribution is 2.54. The van der Waals surface area contributed by atoms with Crippen LogP contribution < -0.4 is 0 Å². The number of hydrogen-bond acceptors (Lipinski definition) is 1. The van der Waals surface area contributed by atoms with Gasteiger partial charge in [-0.3, -0.25) is 4.79 Å². The van der Waals surface area contributed by atoms with Gasteiger partial charge in [0.15, 0.2) is 0 Å². The van der Waals surface area contributed by atoms with Gasteiger partial charge in [0.05, 0.1) is 0 Å². The summed E-state index contributed by atoms with van der Waals surface area (Å²) in [6.45, 7) is 0. The van der Waals surface area contributed by atoms with Crippen LogP contribution in [0.5, 0.6) is 0 Å². The third kappa shape index (κ3) is 0.822. The molecule has 0 spiro atoms. The molecule has 0 aliphatic heterocycles. The molecule has 4 bridgehead atoms. The van der Waals surface area contributed by atoms with Gasteiger partial charge >= 0.3 is 0 Å². The molecule has 0 unspecified atom stereocenters. The number of alkyl halides is 1. The molecular formula is C10H13BrO. The fourth-order valence-corrected chi connectivity index (χ4v) is 4.47. The summed E-state index contributed by atoms with van der Waals surface area (Å²) < 4.78 is 0. The fraction of sp³-hybridized carbons (Fsp3) is 0.900. The molecule has 0 heterocycles. The Morgan fingerprint density at radius 2 is 2.00 bits per heavy atom. The van der Waals surface area contributed by atoms with Gasteiger partial charge in [-0.05, 0) is 37.5 Å². The molecular weight excluding hydrogens is 216 g/mol. The number of ketones is 1. The van der Waals surface area contributed by atoms with Crippen LogP contribution in [0, 0.1) is 23.7 Å². The monoisotopic (exact) mass is 228 g/mol. The molecule has 0 radical (unpaired) electrons. The highest BCUT2D eigenvalue weighted by Gasteiger charge is 2.52. The van der Waals surface area contributed by atoms with Crippen LogP contribution in [0.15, 0.2) is 0 Å². The number of Topliss-reactive ketones (excluding diaryl/α,β-unsaturated/α-hetero) is 1. The third-order valence-electron chi connectivity index (χ3n) is 4.03. The Morgan fingerprint density at radius 3 is 2.83 bits per heavy atom. The largest absolute Gasteiger partial charge is 0.299 e. The van der Waals surface area contributed by atoms with Gasteiger partial charge < -0.3 is 0 Å². The molecule has 4 fully saturated rings. The van der Waals surface area contributed by atoms with Crippen molar-refractivity contribution in [3.63, 3.8) is 0 Å². The summed E-state index contributed by atoms with van der Waals surface area (Å²) in [6.07, 6.45) is 4.96. The Morgan fingerprint density at radius 1 is 1.17 bits per heavy atom. The predicted molar refractivity (Wildman–Crippen MR) is 50.2 cm³/mol. The van der Waals surface area contributed by atoms with Crippen LogP contribution >= 0.6 is 15.9 Å². The Hall–Kier alpha value is 0.150. The lowest BCUT2D eigenvalue weighted by Crippen LogP contribution is -2.51. The van der Waals surface area contributed by atoms with Crippen LogP contribution in [0.3, 0.4) is 0 Å². The van der Waals surface area contributed by atoms with Gasteiger partial charge in [0.25, 0.3) is 0 Å². The highest BCUT2D eigenvalue weighted by atomic mass is 79.9. The number of carbonyl (C=O) groups is 1. The Balaban J connectivity index is 1.98. The first kappa shape index (κ1) is 7.54. The van der Waals surface area contributed by atoms with Crippen LogP contribution in [0.25, 0.3) is 0 Å². The minimum absolute atomic E-state index is 0.390. The fourth-order valence-electron chi connectivity index (χ4n) is 3.56. The van der Waals surface area contributed by atoms with Crippen molar-refractivity contribution in [2.75, 3.05) is 0 Å². The van der Waals surface area contributed by atoms with Crippen molar-refractivity contribution in [2.45, 2.75) is 30.5 Å². The van der Waals surface area contributed by atoms with Gasteiger partial charge in [-0.15, -0.1) is 0 Å². The van der Waals surface area contributed by atoms with E-state index < -0.39 is 0 Å². The second-order valence-electron chi connectivity index (χ2n) is 4.72.